The van der Waals surface area contributed by atoms with Gasteiger partial charge in [-0.2, -0.15) is 0 Å². The molecule has 13 heteroatoms. The maximum Gasteiger partial charge on any atom is 0.271 e. The van der Waals surface area contributed by atoms with Crippen molar-refractivity contribution >= 4 is 46.6 Å². The molecule has 1 aromatic heterocycles. The lowest BCUT2D eigenvalue weighted by Crippen LogP contribution is -2.51. The van der Waals surface area contributed by atoms with Crippen LogP contribution in [-0.2, 0) is 4.79 Å². The van der Waals surface area contributed by atoms with Crippen LogP contribution in [-0.4, -0.2) is 95.3 Å². The Labute approximate surface area is 309 Å². The Morgan fingerprint density at radius 1 is 0.887 bits per heavy atom. The zero-order chi connectivity index (χ0) is 36.6. The molecule has 4 saturated heterocycles. The van der Waals surface area contributed by atoms with Crippen LogP contribution in [0.1, 0.15) is 94.1 Å². The van der Waals surface area contributed by atoms with Crippen LogP contribution in [0.5, 0.6) is 0 Å². The van der Waals surface area contributed by atoms with Gasteiger partial charge in [0.25, 0.3) is 17.7 Å². The molecular weight excluding hydrogens is 670 g/mol. The predicted molar refractivity (Wildman–Crippen MR) is 202 cm³/mol. The highest BCUT2D eigenvalue weighted by molar-refractivity contribution is 6.23. The van der Waals surface area contributed by atoms with Gasteiger partial charge in [0, 0.05) is 49.8 Å². The highest BCUT2D eigenvalue weighted by Gasteiger charge is 2.44. The van der Waals surface area contributed by atoms with Gasteiger partial charge in [-0.25, -0.2) is 9.97 Å². The molecule has 6 heterocycles. The molecule has 8 rings (SSSR count). The van der Waals surface area contributed by atoms with Crippen LogP contribution in [0, 0.1) is 5.92 Å². The number of nitrogens with one attached hydrogen (secondary N) is 2. The Kier molecular flexibility index (Phi) is 9.59. The standard InChI is InChI=1S/C40H47N9O4/c1-25-5-12-33(38(51)43-25)49-39(52)31-11-10-30(21-32(31)40(49)53)48-20-13-26(24-48)23-46-18-14-28(15-19-46)27-6-8-29(9-7-27)44-37-35(36(41)50)42-22-34(45-37)47-16-3-2-4-17-47/h6-11,21-22,26,28,33H,1-5,12-20,23-24H2,(H2,41,50)(H,43,51)(H,44,45)/t26-,33?/m0/s1. The molecule has 5 aliphatic heterocycles. The summed E-state index contributed by atoms with van der Waals surface area (Å²) in [7, 11) is 0. The SMILES string of the molecule is C=C1CCC(N2C(=O)c3ccc(N4CC[C@@H](CN5CCC(c6ccc(Nc7nc(N8CCCCC8)cnc7C(N)=O)cc6)CC5)C4)cc3C2=O)C(=O)N1. The summed E-state index contributed by atoms with van der Waals surface area (Å²) in [6.45, 7) is 10.6. The lowest BCUT2D eigenvalue weighted by Gasteiger charge is -2.34. The van der Waals surface area contributed by atoms with Gasteiger partial charge in [0.1, 0.15) is 11.9 Å². The van der Waals surface area contributed by atoms with Crippen LogP contribution in [0.2, 0.25) is 0 Å². The summed E-state index contributed by atoms with van der Waals surface area (Å²) in [5, 5.41) is 5.99. The van der Waals surface area contributed by atoms with E-state index in [0.29, 0.717) is 47.3 Å². The summed E-state index contributed by atoms with van der Waals surface area (Å²) in [6.07, 6.45) is 9.27. The minimum absolute atomic E-state index is 0.136. The first-order valence-electron chi connectivity index (χ1n) is 19.0. The zero-order valence-electron chi connectivity index (χ0n) is 30.1. The molecule has 2 atom stereocenters. The molecule has 4 amide bonds. The van der Waals surface area contributed by atoms with Gasteiger partial charge in [-0.3, -0.25) is 24.1 Å². The second kappa shape index (κ2) is 14.6. The molecule has 0 bridgehead atoms. The minimum Gasteiger partial charge on any atom is -0.371 e. The number of piperidine rings is 3. The van der Waals surface area contributed by atoms with Crippen LogP contribution in [0.15, 0.2) is 60.9 Å². The molecular formula is C40H47N9O4. The molecule has 0 aliphatic carbocycles. The summed E-state index contributed by atoms with van der Waals surface area (Å²) >= 11 is 0. The first-order valence-corrected chi connectivity index (χ1v) is 19.0. The number of carbonyl (C=O) groups excluding carboxylic acids is 4. The Morgan fingerprint density at radius 3 is 2.38 bits per heavy atom. The molecule has 276 valence electrons. The van der Waals surface area contributed by atoms with Gasteiger partial charge < -0.3 is 31.1 Å². The Hall–Kier alpha value is -5.30. The lowest BCUT2D eigenvalue weighted by molar-refractivity contribution is -0.125. The third-order valence-corrected chi connectivity index (χ3v) is 11.6. The maximum absolute atomic E-state index is 13.4. The first kappa shape index (κ1) is 34.8. The number of carbonyl (C=O) groups is 4. The van der Waals surface area contributed by atoms with Crippen molar-refractivity contribution < 1.29 is 19.2 Å². The van der Waals surface area contributed by atoms with Crippen molar-refractivity contribution in [3.63, 3.8) is 0 Å². The third-order valence-electron chi connectivity index (χ3n) is 11.6. The van der Waals surface area contributed by atoms with Crippen molar-refractivity contribution in [1.82, 2.24) is 25.1 Å². The van der Waals surface area contributed by atoms with E-state index in [4.69, 9.17) is 10.7 Å². The van der Waals surface area contributed by atoms with Gasteiger partial charge in [0.05, 0.1) is 17.3 Å². The average molecular weight is 718 g/mol. The zero-order valence-corrected chi connectivity index (χ0v) is 30.1. The van der Waals surface area contributed by atoms with Crippen molar-refractivity contribution in [2.24, 2.45) is 11.7 Å². The van der Waals surface area contributed by atoms with E-state index >= 15 is 0 Å². The normalized spacial score (nSPS) is 22.7. The molecule has 13 nitrogen and oxygen atoms in total. The van der Waals surface area contributed by atoms with Crippen LogP contribution >= 0.6 is 0 Å². The fourth-order valence-corrected chi connectivity index (χ4v) is 8.66. The lowest BCUT2D eigenvalue weighted by atomic mass is 9.89. The molecule has 3 aromatic rings. The van der Waals surface area contributed by atoms with E-state index in [-0.39, 0.29) is 11.6 Å². The van der Waals surface area contributed by atoms with Gasteiger partial charge in [-0.1, -0.05) is 18.7 Å². The van der Waals surface area contributed by atoms with Gasteiger partial charge in [-0.15, -0.1) is 0 Å². The molecule has 4 fully saturated rings. The van der Waals surface area contributed by atoms with Crippen LogP contribution < -0.4 is 26.2 Å². The van der Waals surface area contributed by atoms with Crippen molar-refractivity contribution in [2.75, 3.05) is 60.9 Å². The van der Waals surface area contributed by atoms with Gasteiger partial charge in [0.15, 0.2) is 11.5 Å². The molecule has 0 saturated carbocycles. The number of amides is 4. The summed E-state index contributed by atoms with van der Waals surface area (Å²) in [4.78, 5) is 68.6. The van der Waals surface area contributed by atoms with Crippen molar-refractivity contribution in [3.05, 3.63) is 83.3 Å². The second-order valence-corrected chi connectivity index (χ2v) is 15.1. The fraction of sp³-hybridized carbons (Fsp3) is 0.450. The highest BCUT2D eigenvalue weighted by Crippen LogP contribution is 2.35. The summed E-state index contributed by atoms with van der Waals surface area (Å²) in [5.41, 5.74) is 10.2. The van der Waals surface area contributed by atoms with Crippen LogP contribution in [0.4, 0.5) is 23.0 Å². The molecule has 0 spiro atoms. The quantitative estimate of drug-likeness (QED) is 0.271. The van der Waals surface area contributed by atoms with E-state index < -0.39 is 23.8 Å². The van der Waals surface area contributed by atoms with Crippen molar-refractivity contribution in [3.8, 4) is 0 Å². The smallest absolute Gasteiger partial charge is 0.271 e. The van der Waals surface area contributed by atoms with Crippen LogP contribution in [0.25, 0.3) is 0 Å². The number of nitrogens with two attached hydrogens (primary N) is 1. The maximum atomic E-state index is 13.4. The van der Waals surface area contributed by atoms with Crippen LogP contribution in [0.3, 0.4) is 0 Å². The predicted octanol–water partition coefficient (Wildman–Crippen LogP) is 4.40. The number of likely N-dealkylation sites (tertiary alicyclic amines) is 1. The van der Waals surface area contributed by atoms with Crippen molar-refractivity contribution in [1.29, 1.82) is 0 Å². The number of hydrogen-bond acceptors (Lipinski definition) is 10. The number of anilines is 4. The number of rotatable bonds is 9. The number of primary amides is 1. The summed E-state index contributed by atoms with van der Waals surface area (Å²) in [6, 6.07) is 13.1. The number of imide groups is 1. The summed E-state index contributed by atoms with van der Waals surface area (Å²) < 4.78 is 0. The molecule has 0 radical (unpaired) electrons. The Balaban J connectivity index is 0.835. The second-order valence-electron chi connectivity index (χ2n) is 15.1. The number of hydrogen-bond donors (Lipinski definition) is 3. The van der Waals surface area contributed by atoms with Crippen molar-refractivity contribution in [2.45, 2.75) is 63.3 Å². The van der Waals surface area contributed by atoms with E-state index in [2.05, 4.69) is 49.0 Å². The van der Waals surface area contributed by atoms with E-state index in [0.717, 1.165) is 100 Å². The molecule has 53 heavy (non-hydrogen) atoms. The van der Waals surface area contributed by atoms with Gasteiger partial charge >= 0.3 is 0 Å². The van der Waals surface area contributed by atoms with E-state index in [1.807, 2.05) is 24.3 Å². The Bertz CT molecular complexity index is 1930. The van der Waals surface area contributed by atoms with E-state index in [1.54, 1.807) is 12.3 Å². The minimum atomic E-state index is -0.807. The Morgan fingerprint density at radius 2 is 1.64 bits per heavy atom. The number of aromatic nitrogens is 2. The number of benzene rings is 2. The molecule has 4 N–H and O–H groups in total. The van der Waals surface area contributed by atoms with Gasteiger partial charge in [0.2, 0.25) is 5.91 Å². The fourth-order valence-electron chi connectivity index (χ4n) is 8.66. The number of allylic oxidation sites excluding steroid dienone is 1. The van der Waals surface area contributed by atoms with Gasteiger partial charge in [-0.05, 0) is 112 Å². The molecule has 2 aromatic carbocycles. The number of fused-ring (bicyclic) bond motifs is 1. The summed E-state index contributed by atoms with van der Waals surface area (Å²) in [5.74, 6) is 0.382. The molecule has 1 unspecified atom stereocenters. The average Bonchev–Trinajstić information content (AvgIpc) is 3.74. The van der Waals surface area contributed by atoms with E-state index in [9.17, 15) is 19.2 Å². The first-order chi connectivity index (χ1) is 25.7. The topological polar surface area (TPSA) is 157 Å². The highest BCUT2D eigenvalue weighted by atomic mass is 16.2. The molecule has 5 aliphatic rings. The monoisotopic (exact) mass is 717 g/mol. The third kappa shape index (κ3) is 7.09. The number of nitrogens with zero attached hydrogens (tertiary/aromatic N) is 6. The largest absolute Gasteiger partial charge is 0.371 e. The van der Waals surface area contributed by atoms with E-state index in [1.165, 1.54) is 12.0 Å².